The van der Waals surface area contributed by atoms with Crippen LogP contribution in [0.4, 0.5) is 0 Å². The van der Waals surface area contributed by atoms with Crippen molar-refractivity contribution >= 4 is 0 Å². The van der Waals surface area contributed by atoms with Crippen LogP contribution in [0.25, 0.3) is 0 Å². The third-order valence-corrected chi connectivity index (χ3v) is 4.06. The summed E-state index contributed by atoms with van der Waals surface area (Å²) in [5.74, 6) is 0.933. The van der Waals surface area contributed by atoms with Crippen LogP contribution in [0.2, 0.25) is 0 Å². The lowest BCUT2D eigenvalue weighted by Gasteiger charge is -2.37. The molecule has 0 spiro atoms. The van der Waals surface area contributed by atoms with E-state index < -0.39 is 0 Å². The molecule has 102 valence electrons. The smallest absolute Gasteiger partial charge is 0.109 e. The molecule has 3 nitrogen and oxygen atoms in total. The van der Waals surface area contributed by atoms with Crippen LogP contribution in [0.5, 0.6) is 0 Å². The van der Waals surface area contributed by atoms with Gasteiger partial charge in [-0.05, 0) is 45.4 Å². The monoisotopic (exact) mass is 250 g/mol. The highest BCUT2D eigenvalue weighted by Gasteiger charge is 2.37. The van der Waals surface area contributed by atoms with Gasteiger partial charge < -0.3 is 4.74 Å². The van der Waals surface area contributed by atoms with Gasteiger partial charge in [-0.15, -0.1) is 0 Å². The van der Waals surface area contributed by atoms with Crippen LogP contribution in [0.15, 0.2) is 0 Å². The van der Waals surface area contributed by atoms with Crippen molar-refractivity contribution in [3.63, 3.8) is 0 Å². The first kappa shape index (κ1) is 13.8. The molecule has 0 saturated heterocycles. The van der Waals surface area contributed by atoms with Crippen molar-refractivity contribution in [3.8, 4) is 6.07 Å². The molecule has 2 aliphatic carbocycles. The summed E-state index contributed by atoms with van der Waals surface area (Å²) in [5.41, 5.74) is -0.351. The van der Waals surface area contributed by atoms with Crippen LogP contribution < -0.4 is 5.32 Å². The highest BCUT2D eigenvalue weighted by molar-refractivity contribution is 5.10. The van der Waals surface area contributed by atoms with Gasteiger partial charge in [-0.3, -0.25) is 5.32 Å². The maximum absolute atomic E-state index is 9.46. The van der Waals surface area contributed by atoms with E-state index in [1.807, 2.05) is 0 Å². The first-order chi connectivity index (χ1) is 8.63. The van der Waals surface area contributed by atoms with Gasteiger partial charge in [0.15, 0.2) is 0 Å². The topological polar surface area (TPSA) is 45.0 Å². The van der Waals surface area contributed by atoms with E-state index >= 15 is 0 Å². The van der Waals surface area contributed by atoms with Gasteiger partial charge in [-0.25, -0.2) is 0 Å². The van der Waals surface area contributed by atoms with Gasteiger partial charge in [0.25, 0.3) is 0 Å². The van der Waals surface area contributed by atoms with Crippen molar-refractivity contribution in [3.05, 3.63) is 0 Å². The van der Waals surface area contributed by atoms with Crippen molar-refractivity contribution in [2.24, 2.45) is 5.92 Å². The van der Waals surface area contributed by atoms with Crippen molar-refractivity contribution < 1.29 is 4.74 Å². The summed E-state index contributed by atoms with van der Waals surface area (Å²) in [5, 5.41) is 12.9. The molecule has 0 aromatic rings. The molecule has 2 unspecified atom stereocenters. The summed E-state index contributed by atoms with van der Waals surface area (Å²) in [6.45, 7) is 5.10. The minimum absolute atomic E-state index is 0.281. The average Bonchev–Trinajstić information content (AvgIpc) is 3.13. The molecular weight excluding hydrogens is 224 g/mol. The predicted octanol–water partition coefficient (Wildman–Crippen LogP) is 3.01. The van der Waals surface area contributed by atoms with Crippen molar-refractivity contribution in [2.75, 3.05) is 6.61 Å². The Balaban J connectivity index is 1.79. The summed E-state index contributed by atoms with van der Waals surface area (Å²) in [6, 6.07) is 2.86. The largest absolute Gasteiger partial charge is 0.378 e. The van der Waals surface area contributed by atoms with Crippen molar-refractivity contribution in [2.45, 2.75) is 76.5 Å². The Kier molecular flexibility index (Phi) is 4.64. The quantitative estimate of drug-likeness (QED) is 0.788. The van der Waals surface area contributed by atoms with Crippen LogP contribution in [0, 0.1) is 17.2 Å². The molecule has 0 amide bonds. The molecule has 3 heteroatoms. The maximum atomic E-state index is 9.46. The van der Waals surface area contributed by atoms with Crippen LogP contribution in [-0.2, 0) is 4.74 Å². The van der Waals surface area contributed by atoms with Crippen LogP contribution >= 0.6 is 0 Å². The standard InChI is InChI=1S/C15H26N2O/c1-12(2)17-15(11-16)8-3-4-14(10-15)18-9-7-13-5-6-13/h12-14,17H,3-10H2,1-2H3. The zero-order chi connectivity index (χ0) is 13.0. The summed E-state index contributed by atoms with van der Waals surface area (Å²) < 4.78 is 5.98. The Morgan fingerprint density at radius 3 is 2.78 bits per heavy atom. The number of rotatable bonds is 6. The van der Waals surface area contributed by atoms with E-state index in [0.717, 1.165) is 38.2 Å². The Hall–Kier alpha value is -0.590. The second-order valence-electron chi connectivity index (χ2n) is 6.31. The highest BCUT2D eigenvalue weighted by Crippen LogP contribution is 2.34. The number of nitrogens with one attached hydrogen (secondary N) is 1. The molecule has 2 atom stereocenters. The average molecular weight is 250 g/mol. The van der Waals surface area contributed by atoms with E-state index in [1.165, 1.54) is 19.3 Å². The van der Waals surface area contributed by atoms with E-state index in [-0.39, 0.29) is 11.6 Å². The minimum Gasteiger partial charge on any atom is -0.378 e. The molecule has 2 aliphatic rings. The molecule has 0 bridgehead atoms. The zero-order valence-corrected chi connectivity index (χ0v) is 11.7. The van der Waals surface area contributed by atoms with Gasteiger partial charge in [0.05, 0.1) is 12.2 Å². The first-order valence-corrected chi connectivity index (χ1v) is 7.44. The van der Waals surface area contributed by atoms with E-state index in [0.29, 0.717) is 6.04 Å². The summed E-state index contributed by atoms with van der Waals surface area (Å²) in [6.07, 6.45) is 8.32. The lowest BCUT2D eigenvalue weighted by atomic mass is 9.80. The van der Waals surface area contributed by atoms with Crippen molar-refractivity contribution in [1.82, 2.24) is 5.32 Å². The number of nitriles is 1. The number of hydrogen-bond acceptors (Lipinski definition) is 3. The lowest BCUT2D eigenvalue weighted by molar-refractivity contribution is 0.00520. The Labute approximate surface area is 111 Å². The molecule has 0 aromatic heterocycles. The van der Waals surface area contributed by atoms with Crippen LogP contribution in [-0.4, -0.2) is 24.3 Å². The third-order valence-electron chi connectivity index (χ3n) is 4.06. The predicted molar refractivity (Wildman–Crippen MR) is 72.2 cm³/mol. The van der Waals surface area contributed by atoms with Gasteiger partial charge in [0, 0.05) is 19.1 Å². The molecule has 2 fully saturated rings. The Morgan fingerprint density at radius 2 is 2.17 bits per heavy atom. The Morgan fingerprint density at radius 1 is 1.39 bits per heavy atom. The molecular formula is C15H26N2O. The fraction of sp³-hybridized carbons (Fsp3) is 0.933. The number of nitrogens with zero attached hydrogens (tertiary/aromatic N) is 1. The zero-order valence-electron chi connectivity index (χ0n) is 11.7. The molecule has 0 heterocycles. The van der Waals surface area contributed by atoms with Gasteiger partial charge in [-0.2, -0.15) is 5.26 Å². The maximum Gasteiger partial charge on any atom is 0.109 e. The summed E-state index contributed by atoms with van der Waals surface area (Å²) in [7, 11) is 0. The van der Waals surface area contributed by atoms with Gasteiger partial charge >= 0.3 is 0 Å². The normalized spacial score (nSPS) is 32.4. The first-order valence-electron chi connectivity index (χ1n) is 7.44. The van der Waals surface area contributed by atoms with Crippen LogP contribution in [0.3, 0.4) is 0 Å². The molecule has 18 heavy (non-hydrogen) atoms. The fourth-order valence-electron chi connectivity index (χ4n) is 2.99. The lowest BCUT2D eigenvalue weighted by Crippen LogP contribution is -2.52. The molecule has 0 radical (unpaired) electrons. The number of ether oxygens (including phenoxy) is 1. The Bertz CT molecular complexity index is 306. The third kappa shape index (κ3) is 3.96. The molecule has 2 rings (SSSR count). The molecule has 2 saturated carbocycles. The highest BCUT2D eigenvalue weighted by atomic mass is 16.5. The van der Waals surface area contributed by atoms with Gasteiger partial charge in [0.1, 0.15) is 5.54 Å². The second kappa shape index (κ2) is 6.04. The molecule has 0 aliphatic heterocycles. The van der Waals surface area contributed by atoms with Gasteiger partial charge in [-0.1, -0.05) is 12.8 Å². The second-order valence-corrected chi connectivity index (χ2v) is 6.31. The fourth-order valence-corrected chi connectivity index (χ4v) is 2.99. The van der Waals surface area contributed by atoms with Crippen LogP contribution in [0.1, 0.15) is 58.8 Å². The van der Waals surface area contributed by atoms with E-state index in [2.05, 4.69) is 25.2 Å². The van der Waals surface area contributed by atoms with E-state index in [4.69, 9.17) is 4.74 Å². The van der Waals surface area contributed by atoms with E-state index in [1.54, 1.807) is 0 Å². The SMILES string of the molecule is CC(C)NC1(C#N)CCCC(OCCC2CC2)C1. The van der Waals surface area contributed by atoms with E-state index in [9.17, 15) is 5.26 Å². The summed E-state index contributed by atoms with van der Waals surface area (Å²) >= 11 is 0. The summed E-state index contributed by atoms with van der Waals surface area (Å²) in [4.78, 5) is 0. The van der Waals surface area contributed by atoms with Gasteiger partial charge in [0.2, 0.25) is 0 Å². The molecule has 0 aromatic carbocycles. The number of hydrogen-bond donors (Lipinski definition) is 1. The van der Waals surface area contributed by atoms with Crippen molar-refractivity contribution in [1.29, 1.82) is 5.26 Å². The molecule has 1 N–H and O–H groups in total. The minimum atomic E-state index is -0.351.